The number of aliphatic hydroxyl groups is 1. The number of carbonyl (C=O) groups excluding carboxylic acids is 1. The van der Waals surface area contributed by atoms with E-state index in [9.17, 15) is 24.4 Å². The zero-order chi connectivity index (χ0) is 27.4. The molecule has 0 saturated carbocycles. The lowest BCUT2D eigenvalue weighted by molar-refractivity contribution is -0.368. The third kappa shape index (κ3) is 6.16. The molecule has 2 heterocycles. The maximum atomic E-state index is 16.9. The van der Waals surface area contributed by atoms with Crippen molar-refractivity contribution in [1.82, 2.24) is 9.55 Å². The summed E-state index contributed by atoms with van der Waals surface area (Å²) in [5, 5.41) is 11.1. The molecule has 1 aromatic carbocycles. The Balaban J connectivity index is 2.01. The minimum atomic E-state index is -3.34. The number of ether oxygens (including phenoxy) is 3. The van der Waals surface area contributed by atoms with Gasteiger partial charge in [-0.3, -0.25) is 19.1 Å². The van der Waals surface area contributed by atoms with Crippen molar-refractivity contribution in [3.8, 4) is 5.75 Å². The Hall–Kier alpha value is -2.48. The van der Waals surface area contributed by atoms with Gasteiger partial charge < -0.3 is 24.2 Å². The van der Waals surface area contributed by atoms with Crippen molar-refractivity contribution in [2.24, 2.45) is 4.74 Å². The second-order valence-corrected chi connectivity index (χ2v) is 10.2. The van der Waals surface area contributed by atoms with Gasteiger partial charge in [0.05, 0.1) is 6.61 Å². The summed E-state index contributed by atoms with van der Waals surface area (Å²) in [6, 6.07) is 7.13. The Bertz CT molecular complexity index is 1270. The average Bonchev–Trinajstić information content (AvgIpc) is 3.17. The second kappa shape index (κ2) is 11.5. The number of H-pyrrole nitrogens is 1. The van der Waals surface area contributed by atoms with Crippen LogP contribution < -0.4 is 20.9 Å². The molecule has 1 aromatic heterocycles. The van der Waals surface area contributed by atoms with E-state index in [-0.39, 0.29) is 31.7 Å². The molecule has 37 heavy (non-hydrogen) atoms. The molecule has 0 radical (unpaired) electrons. The van der Waals surface area contributed by atoms with Gasteiger partial charge in [0.15, 0.2) is 0 Å². The number of esters is 1. The first kappa shape index (κ1) is 29.1. The Morgan fingerprint density at radius 3 is 2.70 bits per heavy atom. The zero-order valence-electron chi connectivity index (χ0n) is 20.2. The SMILES string of the molecule is CCC(=O)O[C@@H](C)CN=[P+]([O-])O[C@](C)(O)[C@]1(F)OCC[C@@]1(Oc1ccc(Br)cc1)n1ccc(=O)[nH]c1=O. The van der Waals surface area contributed by atoms with Gasteiger partial charge in [-0.15, -0.1) is 4.52 Å². The first-order valence-electron chi connectivity index (χ1n) is 11.2. The second-order valence-electron chi connectivity index (χ2n) is 8.30. The van der Waals surface area contributed by atoms with Crippen molar-refractivity contribution in [3.63, 3.8) is 0 Å². The van der Waals surface area contributed by atoms with Crippen LogP contribution in [0.15, 0.2) is 55.3 Å². The smallest absolute Gasteiger partial charge is 0.345 e. The fourth-order valence-electron chi connectivity index (χ4n) is 3.71. The van der Waals surface area contributed by atoms with Gasteiger partial charge in [0, 0.05) is 36.5 Å². The molecule has 3 rings (SSSR count). The maximum Gasteiger partial charge on any atom is 0.345 e. The minimum absolute atomic E-state index is 0.0882. The van der Waals surface area contributed by atoms with Gasteiger partial charge in [0.25, 0.3) is 17.1 Å². The highest BCUT2D eigenvalue weighted by molar-refractivity contribution is 9.10. The molecule has 2 aromatic rings. The molecule has 0 aliphatic carbocycles. The van der Waals surface area contributed by atoms with Crippen molar-refractivity contribution in [2.45, 2.75) is 57.1 Å². The van der Waals surface area contributed by atoms with Gasteiger partial charge in [0.2, 0.25) is 0 Å². The number of aromatic amines is 1. The van der Waals surface area contributed by atoms with E-state index in [0.29, 0.717) is 4.47 Å². The van der Waals surface area contributed by atoms with Crippen LogP contribution in [-0.2, 0) is 24.5 Å². The fraction of sp³-hybridized carbons (Fsp3) is 0.500. The van der Waals surface area contributed by atoms with Crippen molar-refractivity contribution in [1.29, 1.82) is 0 Å². The lowest BCUT2D eigenvalue weighted by Gasteiger charge is -2.43. The van der Waals surface area contributed by atoms with Crippen molar-refractivity contribution < 1.29 is 37.9 Å². The van der Waals surface area contributed by atoms with Crippen LogP contribution in [0.3, 0.4) is 0 Å². The summed E-state index contributed by atoms with van der Waals surface area (Å²) in [5.74, 6) is -6.73. The highest BCUT2D eigenvalue weighted by Gasteiger charge is 2.73. The van der Waals surface area contributed by atoms with Crippen molar-refractivity contribution in [3.05, 3.63) is 61.8 Å². The van der Waals surface area contributed by atoms with Crippen LogP contribution in [0.5, 0.6) is 5.75 Å². The zero-order valence-corrected chi connectivity index (χ0v) is 22.7. The van der Waals surface area contributed by atoms with Gasteiger partial charge in [0.1, 0.15) is 18.4 Å². The van der Waals surface area contributed by atoms with E-state index in [1.807, 2.05) is 4.98 Å². The summed E-state index contributed by atoms with van der Waals surface area (Å²) in [7, 11) is -3.06. The van der Waals surface area contributed by atoms with Crippen LogP contribution in [0.1, 0.15) is 33.6 Å². The molecule has 0 amide bonds. The highest BCUT2D eigenvalue weighted by atomic mass is 79.9. The number of benzene rings is 1. The summed E-state index contributed by atoms with van der Waals surface area (Å²) in [6.07, 6.45) is 0.0612. The predicted octanol–water partition coefficient (Wildman–Crippen LogP) is 2.04. The van der Waals surface area contributed by atoms with E-state index in [4.69, 9.17) is 18.7 Å². The van der Waals surface area contributed by atoms with Crippen molar-refractivity contribution in [2.75, 3.05) is 13.2 Å². The summed E-state index contributed by atoms with van der Waals surface area (Å²) < 4.78 is 43.4. The largest absolute Gasteiger partial charge is 0.583 e. The maximum absolute atomic E-state index is 16.9. The number of alkyl halides is 1. The van der Waals surface area contributed by atoms with Crippen molar-refractivity contribution >= 4 is 30.1 Å². The van der Waals surface area contributed by atoms with Crippen LogP contribution in [-0.4, -0.2) is 51.5 Å². The van der Waals surface area contributed by atoms with Crippen LogP contribution in [0.2, 0.25) is 0 Å². The molecule has 15 heteroatoms. The standard InChI is InChI=1S/C22H26BrFN3O9P/c1-4-18(29)34-14(2)13-25-37(32)36-20(3,31)22(24)21(10-12-33-22,27-11-9-17(28)26-19(27)30)35-16-7-5-15(23)6-8-16/h5-9,11,14,31H,4,10,12-13H2,1-3H3,(H,26,28,30)/t14-,20-,21-,22-/m0/s1. The first-order chi connectivity index (χ1) is 17.3. The molecule has 5 atom stereocenters. The third-order valence-corrected chi connectivity index (χ3v) is 6.92. The van der Waals surface area contributed by atoms with Gasteiger partial charge in [-0.1, -0.05) is 27.6 Å². The monoisotopic (exact) mass is 605 g/mol. The molecule has 1 saturated heterocycles. The van der Waals surface area contributed by atoms with Crippen LogP contribution >= 0.6 is 24.1 Å². The topological polar surface area (TPSA) is 164 Å². The molecule has 1 aliphatic heterocycles. The minimum Gasteiger partial charge on any atom is -0.583 e. The molecule has 1 unspecified atom stereocenters. The highest BCUT2D eigenvalue weighted by Crippen LogP contribution is 2.52. The Kier molecular flexibility index (Phi) is 9.04. The quantitative estimate of drug-likeness (QED) is 0.234. The molecule has 202 valence electrons. The summed E-state index contributed by atoms with van der Waals surface area (Å²) in [5.41, 5.74) is -4.20. The van der Waals surface area contributed by atoms with E-state index in [1.54, 1.807) is 19.1 Å². The Labute approximate surface area is 220 Å². The number of rotatable bonds is 10. The molecular formula is C22H26BrFN3O9P. The number of aromatic nitrogens is 2. The lowest BCUT2D eigenvalue weighted by Crippen LogP contribution is -2.67. The first-order valence-corrected chi connectivity index (χ1v) is 13.1. The van der Waals surface area contributed by atoms with Crippen LogP contribution in [0.25, 0.3) is 0 Å². The van der Waals surface area contributed by atoms with E-state index < -0.39 is 48.9 Å². The van der Waals surface area contributed by atoms with Gasteiger partial charge in [-0.2, -0.15) is 4.39 Å². The van der Waals surface area contributed by atoms with Gasteiger partial charge in [-0.25, -0.2) is 4.79 Å². The van der Waals surface area contributed by atoms with Crippen LogP contribution in [0, 0.1) is 0 Å². The molecule has 12 nitrogen and oxygen atoms in total. The van der Waals surface area contributed by atoms with E-state index in [0.717, 1.165) is 23.8 Å². The van der Waals surface area contributed by atoms with Crippen LogP contribution in [0.4, 0.5) is 4.39 Å². The fourth-order valence-corrected chi connectivity index (χ4v) is 4.81. The predicted molar refractivity (Wildman–Crippen MR) is 130 cm³/mol. The molecule has 1 aliphatic rings. The number of halogens is 2. The summed E-state index contributed by atoms with van der Waals surface area (Å²) >= 11 is 3.28. The molecule has 1 fully saturated rings. The number of carbonyl (C=O) groups is 1. The lowest BCUT2D eigenvalue weighted by atomic mass is 9.95. The Morgan fingerprint density at radius 2 is 2.08 bits per heavy atom. The van der Waals surface area contributed by atoms with E-state index >= 15 is 4.39 Å². The summed E-state index contributed by atoms with van der Waals surface area (Å²) in [4.78, 5) is 50.4. The number of nitrogens with zero attached hydrogens (tertiary/aromatic N) is 2. The van der Waals surface area contributed by atoms with E-state index in [1.165, 1.54) is 19.1 Å². The van der Waals surface area contributed by atoms with E-state index in [2.05, 4.69) is 20.7 Å². The van der Waals surface area contributed by atoms with Gasteiger partial charge >= 0.3 is 25.7 Å². The molecule has 2 N–H and O–H groups in total. The molecular weight excluding hydrogens is 580 g/mol. The number of hydrogen-bond acceptors (Lipinski definition) is 10. The molecule has 0 spiro atoms. The third-order valence-electron chi connectivity index (χ3n) is 5.49. The molecule has 0 bridgehead atoms. The summed E-state index contributed by atoms with van der Waals surface area (Å²) in [6.45, 7) is 3.35. The average molecular weight is 606 g/mol. The van der Waals surface area contributed by atoms with Gasteiger partial charge in [-0.05, 0) is 31.2 Å². The number of nitrogens with one attached hydrogen (secondary N) is 1. The number of hydrogen-bond donors (Lipinski definition) is 2. The normalized spacial score (nSPS) is 24.4. The Morgan fingerprint density at radius 1 is 1.41 bits per heavy atom.